The van der Waals surface area contributed by atoms with Gasteiger partial charge in [-0.15, -0.1) is 12.4 Å². The number of halogens is 2. The van der Waals surface area contributed by atoms with Crippen molar-refractivity contribution >= 4 is 105 Å². The molecule has 4 aliphatic rings. The minimum atomic E-state index is -1.50. The van der Waals surface area contributed by atoms with Crippen molar-refractivity contribution in [3.63, 3.8) is 0 Å². The zero-order chi connectivity index (χ0) is 64.6. The van der Waals surface area contributed by atoms with Crippen LogP contribution >= 0.6 is 31.9 Å². The van der Waals surface area contributed by atoms with E-state index in [0.717, 1.165) is 90.8 Å². The number of para-hydroxylation sites is 2. The molecule has 0 radical (unpaired) electrons. The fourth-order valence-corrected chi connectivity index (χ4v) is 18.1. The quantitative estimate of drug-likeness (QED) is 0.0539. The Balaban J connectivity index is 0.000000166. The molecule has 0 bridgehead atoms. The third kappa shape index (κ3) is 15.4. The van der Waals surface area contributed by atoms with Crippen LogP contribution in [0.1, 0.15) is 130 Å². The number of aliphatic hydroxyl groups is 2. The van der Waals surface area contributed by atoms with Gasteiger partial charge in [0.05, 0.1) is 61.6 Å². The Kier molecular flexibility index (Phi) is 25.6. The second kappa shape index (κ2) is 33.3. The molecule has 2 aliphatic carbocycles. The molecule has 2 aliphatic heterocycles. The summed E-state index contributed by atoms with van der Waals surface area (Å²) >= 11 is 6.23. The second-order valence-electron chi connectivity index (χ2n) is 23.7. The first kappa shape index (κ1) is 73.0. The molecule has 2 saturated carbocycles. The molecule has 0 saturated heterocycles. The number of benzene rings is 6. The van der Waals surface area contributed by atoms with Crippen LogP contribution < -0.4 is 25.0 Å². The highest BCUT2D eigenvalue weighted by Gasteiger charge is 2.35. The molecule has 19 heteroatoms. The summed E-state index contributed by atoms with van der Waals surface area (Å²) in [5, 5.41) is 44.7. The molecule has 15 nitrogen and oxygen atoms in total. The maximum absolute atomic E-state index is 12.3. The number of aliphatic hydroxyl groups excluding tert-OH is 2. The topological polar surface area (TPSA) is 213 Å². The summed E-state index contributed by atoms with van der Waals surface area (Å²) in [7, 11) is 2.66. The van der Waals surface area contributed by atoms with E-state index in [1.807, 2.05) is 73.8 Å². The predicted molar refractivity (Wildman–Crippen MR) is 387 cm³/mol. The molecule has 6 heterocycles. The van der Waals surface area contributed by atoms with Crippen LogP contribution in [0.25, 0.3) is 65.9 Å². The van der Waals surface area contributed by atoms with Crippen LogP contribution in [-0.4, -0.2) is 105 Å². The minimum absolute atomic E-state index is 0. The minimum Gasteiger partial charge on any atom is -0.496 e. The van der Waals surface area contributed by atoms with Gasteiger partial charge in [0.25, 0.3) is 0 Å². The van der Waals surface area contributed by atoms with Gasteiger partial charge in [-0.05, 0) is 134 Å². The van der Waals surface area contributed by atoms with Crippen LogP contribution in [0.15, 0.2) is 140 Å². The molecule has 4 aromatic heterocycles. The smallest absolute Gasteiger partial charge is 0.490 e. The second-order valence-corrected chi connectivity index (χ2v) is 26.8. The van der Waals surface area contributed by atoms with E-state index >= 15 is 0 Å². The van der Waals surface area contributed by atoms with Crippen LogP contribution in [0.5, 0.6) is 17.2 Å². The van der Waals surface area contributed by atoms with E-state index < -0.39 is 31.3 Å². The van der Waals surface area contributed by atoms with Crippen molar-refractivity contribution in [2.75, 3.05) is 34.5 Å². The van der Waals surface area contributed by atoms with E-state index in [4.69, 9.17) is 30.5 Å². The van der Waals surface area contributed by atoms with Crippen LogP contribution in [0.2, 0.25) is 5.02 Å². The Hall–Kier alpha value is -7.79. The molecule has 0 spiro atoms. The van der Waals surface area contributed by atoms with Gasteiger partial charge in [0, 0.05) is 91.4 Å². The van der Waals surface area contributed by atoms with Gasteiger partial charge in [-0.2, -0.15) is 0 Å². The fourth-order valence-electron chi connectivity index (χ4n) is 13.8. The molecule has 2 fully saturated rings. The molecule has 0 unspecified atom stereocenters. The summed E-state index contributed by atoms with van der Waals surface area (Å²) in [4.78, 5) is 41.5. The number of aromatic nitrogens is 4. The van der Waals surface area contributed by atoms with Gasteiger partial charge < -0.3 is 43.9 Å². The molecular formula is C76H86BCl2N4O11P. The Morgan fingerprint density at radius 3 is 1.66 bits per heavy atom. The number of aryl methyl sites for hydroxylation is 3. The molecule has 10 aromatic rings. The van der Waals surface area contributed by atoms with Crippen molar-refractivity contribution in [1.29, 1.82) is 0 Å². The third-order valence-corrected chi connectivity index (χ3v) is 22.1. The highest BCUT2D eigenvalue weighted by Crippen LogP contribution is 2.57. The molecular weight excluding hydrogens is 1260 g/mol. The maximum atomic E-state index is 12.3. The number of carbonyl (C=O) groups excluding carboxylic acids is 2. The maximum Gasteiger partial charge on any atom is 0.490 e. The van der Waals surface area contributed by atoms with E-state index in [-0.39, 0.29) is 35.2 Å². The zero-order valence-electron chi connectivity index (χ0n) is 53.2. The van der Waals surface area contributed by atoms with Crippen molar-refractivity contribution in [3.05, 3.63) is 184 Å². The van der Waals surface area contributed by atoms with Crippen LogP contribution in [-0.2, 0) is 31.9 Å². The number of hydrogen-bond acceptors (Lipinski definition) is 15. The van der Waals surface area contributed by atoms with Crippen molar-refractivity contribution < 1.29 is 53.5 Å². The lowest BCUT2D eigenvalue weighted by molar-refractivity contribution is -0.151. The normalized spacial score (nSPS) is 14.7. The lowest BCUT2D eigenvalue weighted by Crippen LogP contribution is -2.31. The first-order chi connectivity index (χ1) is 44.7. The molecule has 6 aromatic carbocycles. The standard InChI is InChI=1S/C26H35OP.C24H20N2O4.C13H12ClNO3.C11H10BNO3.2CH4.ClH/c1-20-12-11-18-24(27-2)26(20)23-17-9-10-19-25(23)28(21-13-5-3-6-14-21)22-15-7-4-8-16-22;1-13-19(23(27)24(28)29-2)21(15-5-3-4-6-17(15)26-13)16-7-8-18-20-14(10-12-30-18)9-11-25-22(16)20;1-7-10(12(16)13(17)18-2)11(14)8-5-3-4-6-9(8)15-7;14-12(15)8-1-2-9-10-7(4-6-16-9)3-5-13-11(8)10;;;/h9-12,17-19,21-22H,3-8,13-16H2,1-2H3;3-9,11,23,27H,10,12H2,1-2H3;3-6,12,16H,1-2H3;1-3,5,14-15H,4,6H2;2*1H4;1H/t;23-;12-;;;;/m.00..../s1. The summed E-state index contributed by atoms with van der Waals surface area (Å²) < 4.78 is 26.5. The Labute approximate surface area is 569 Å². The van der Waals surface area contributed by atoms with Gasteiger partial charge in [0.1, 0.15) is 17.2 Å². The van der Waals surface area contributed by atoms with E-state index in [2.05, 4.69) is 74.1 Å². The fraction of sp³-hybridized carbons (Fsp3) is 0.342. The number of fused-ring (bicyclic) bond motifs is 2. The van der Waals surface area contributed by atoms with Gasteiger partial charge >= 0.3 is 19.1 Å². The van der Waals surface area contributed by atoms with E-state index in [0.29, 0.717) is 57.1 Å². The van der Waals surface area contributed by atoms with Gasteiger partial charge in [-0.3, -0.25) is 19.9 Å². The summed E-state index contributed by atoms with van der Waals surface area (Å²) in [5.74, 6) is 1.12. The van der Waals surface area contributed by atoms with Crippen molar-refractivity contribution in [3.8, 4) is 39.5 Å². The molecule has 2 atom stereocenters. The molecule has 14 rings (SSSR count). The van der Waals surface area contributed by atoms with Crippen LogP contribution in [0.4, 0.5) is 0 Å². The van der Waals surface area contributed by atoms with E-state index in [1.54, 1.807) is 49.7 Å². The molecule has 95 heavy (non-hydrogen) atoms. The largest absolute Gasteiger partial charge is 0.496 e. The SMILES string of the molecule is C.C.COC(=O)[C@@H](O)c1c(C)nc2ccccc2c1-c1ccc2c3c(ccnc13)CCO2.COC(=O)[C@@H](O)c1c(C)nc2ccccc2c1Cl.COc1cccc(C)c1-c1ccccc1P(C1CCCCC1)C1CCCCC1.Cl.OB(O)c1ccc2c3c(ccnc13)CCO2. The first-order valence-corrected chi connectivity index (χ1v) is 33.5. The lowest BCUT2D eigenvalue weighted by Gasteiger charge is -2.39. The monoisotopic (exact) mass is 1340 g/mol. The lowest BCUT2D eigenvalue weighted by atomic mass is 9.78. The Morgan fingerprint density at radius 2 is 1.08 bits per heavy atom. The average Bonchev–Trinajstić information content (AvgIpc) is 0.743. The highest BCUT2D eigenvalue weighted by atomic mass is 35.5. The van der Waals surface area contributed by atoms with Gasteiger partial charge in [0.15, 0.2) is 12.2 Å². The summed E-state index contributed by atoms with van der Waals surface area (Å²) in [5.41, 5.74) is 14.9. The summed E-state index contributed by atoms with van der Waals surface area (Å²) in [6.07, 6.45) is 16.7. The third-order valence-electron chi connectivity index (χ3n) is 18.1. The molecule has 498 valence electrons. The van der Waals surface area contributed by atoms with Gasteiger partial charge in [-0.25, -0.2) is 9.59 Å². The van der Waals surface area contributed by atoms with Crippen molar-refractivity contribution in [2.24, 2.45) is 0 Å². The van der Waals surface area contributed by atoms with Gasteiger partial charge in [0.2, 0.25) is 0 Å². The molecule has 0 amide bonds. The first-order valence-electron chi connectivity index (χ1n) is 31.6. The number of hydrogen-bond donors (Lipinski definition) is 4. The van der Waals surface area contributed by atoms with E-state index in [1.165, 1.54) is 101 Å². The van der Waals surface area contributed by atoms with Gasteiger partial charge in [-0.1, -0.05) is 152 Å². The van der Waals surface area contributed by atoms with Crippen molar-refractivity contribution in [2.45, 2.75) is 136 Å². The van der Waals surface area contributed by atoms with Crippen molar-refractivity contribution in [1.82, 2.24) is 19.9 Å². The van der Waals surface area contributed by atoms with E-state index in [9.17, 15) is 29.9 Å². The number of rotatable bonds is 11. The van der Waals surface area contributed by atoms with Crippen LogP contribution in [0.3, 0.4) is 0 Å². The average molecular weight is 1340 g/mol. The number of esters is 2. The predicted octanol–water partition coefficient (Wildman–Crippen LogP) is 15.3. The summed E-state index contributed by atoms with van der Waals surface area (Å²) in [6, 6.07) is 42.0. The number of nitrogens with zero attached hydrogens (tertiary/aromatic N) is 4. The summed E-state index contributed by atoms with van der Waals surface area (Å²) in [6.45, 7) is 7.01. The Morgan fingerprint density at radius 1 is 0.579 bits per heavy atom. The molecule has 4 N–H and O–H groups in total. The number of pyridine rings is 4. The Bertz CT molecular complexity index is 4300. The zero-order valence-corrected chi connectivity index (χ0v) is 55.7. The number of carbonyl (C=O) groups is 2. The number of methoxy groups -OCH3 is 3. The van der Waals surface area contributed by atoms with Crippen LogP contribution in [0, 0.1) is 20.8 Å². The number of ether oxygens (including phenoxy) is 5. The highest BCUT2D eigenvalue weighted by molar-refractivity contribution is 7.67.